The van der Waals surface area contributed by atoms with Crippen molar-refractivity contribution in [3.63, 3.8) is 0 Å². The number of hydrogen-bond acceptors (Lipinski definition) is 4. The van der Waals surface area contributed by atoms with Crippen LogP contribution in [0, 0.1) is 17.8 Å². The van der Waals surface area contributed by atoms with Gasteiger partial charge in [0.25, 0.3) is 5.91 Å². The number of nitrogens with one attached hydrogen (secondary N) is 1. The number of hydrogen-bond donors (Lipinski definition) is 1. The maximum absolute atomic E-state index is 12.9. The Hall–Kier alpha value is -2.53. The molecular formula is C22H24N2O3. The molecule has 0 bridgehead atoms. The predicted molar refractivity (Wildman–Crippen MR) is 102 cm³/mol. The second-order valence-electron chi connectivity index (χ2n) is 7.53. The second-order valence-corrected chi connectivity index (χ2v) is 7.53. The molecule has 1 saturated carbocycles. The number of pyridine rings is 1. The van der Waals surface area contributed by atoms with Crippen molar-refractivity contribution >= 4 is 11.7 Å². The third-order valence-corrected chi connectivity index (χ3v) is 5.92. The van der Waals surface area contributed by atoms with Gasteiger partial charge in [-0.15, -0.1) is 0 Å². The first-order valence-corrected chi connectivity index (χ1v) is 9.48. The first kappa shape index (κ1) is 17.9. The van der Waals surface area contributed by atoms with Crippen LogP contribution in [0.25, 0.3) is 0 Å². The number of amides is 1. The lowest BCUT2D eigenvalue weighted by Crippen LogP contribution is -2.21. The summed E-state index contributed by atoms with van der Waals surface area (Å²) in [5.74, 6) is 1.31. The molecular weight excluding hydrogens is 340 g/mol. The molecule has 5 nitrogen and oxygen atoms in total. The van der Waals surface area contributed by atoms with Gasteiger partial charge in [0.15, 0.2) is 5.78 Å². The molecule has 1 aromatic heterocycles. The zero-order valence-electron chi connectivity index (χ0n) is 15.6. The van der Waals surface area contributed by atoms with Gasteiger partial charge < -0.3 is 10.1 Å². The Kier molecular flexibility index (Phi) is 4.79. The van der Waals surface area contributed by atoms with Gasteiger partial charge in [-0.05, 0) is 35.4 Å². The molecule has 27 heavy (non-hydrogen) atoms. The van der Waals surface area contributed by atoms with Crippen LogP contribution in [0.1, 0.15) is 51.4 Å². The van der Waals surface area contributed by atoms with Gasteiger partial charge in [-0.3, -0.25) is 9.59 Å². The Morgan fingerprint density at radius 1 is 1.19 bits per heavy atom. The molecule has 1 amide bonds. The summed E-state index contributed by atoms with van der Waals surface area (Å²) in [6.07, 6.45) is 0.523. The monoisotopic (exact) mass is 364 g/mol. The minimum absolute atomic E-state index is 0.00365. The highest BCUT2D eigenvalue weighted by atomic mass is 16.5. The third kappa shape index (κ3) is 3.52. The van der Waals surface area contributed by atoms with Crippen molar-refractivity contribution < 1.29 is 14.3 Å². The first-order valence-electron chi connectivity index (χ1n) is 9.48. The van der Waals surface area contributed by atoms with Gasteiger partial charge in [-0.2, -0.15) is 0 Å². The van der Waals surface area contributed by atoms with Crippen LogP contribution >= 0.6 is 0 Å². The van der Waals surface area contributed by atoms with E-state index in [1.54, 1.807) is 13.1 Å². The standard InChI is InChI=1S/C22H24N2O3/c1-13(14-6-4-3-5-7-14)19-8-15(9-20(24-19)22(26)23-2)21(25)10-16-17-11-27-12-18(16)17/h3-9,13,16-18H,10-12H2,1-2H3,(H,23,26)/t13-,16?,17-,18+/m1/s1. The van der Waals surface area contributed by atoms with Crippen LogP contribution < -0.4 is 5.32 Å². The highest BCUT2D eigenvalue weighted by Crippen LogP contribution is 2.52. The van der Waals surface area contributed by atoms with E-state index in [9.17, 15) is 9.59 Å². The van der Waals surface area contributed by atoms with Crippen LogP contribution in [-0.4, -0.2) is 36.9 Å². The van der Waals surface area contributed by atoms with Gasteiger partial charge >= 0.3 is 0 Å². The van der Waals surface area contributed by atoms with Crippen molar-refractivity contribution in [3.05, 3.63) is 65.0 Å². The molecule has 0 spiro atoms. The van der Waals surface area contributed by atoms with E-state index in [0.29, 0.717) is 35.4 Å². The van der Waals surface area contributed by atoms with Crippen molar-refractivity contribution in [1.82, 2.24) is 10.3 Å². The molecule has 4 atom stereocenters. The molecule has 1 aromatic carbocycles. The lowest BCUT2D eigenvalue weighted by Gasteiger charge is -2.14. The van der Waals surface area contributed by atoms with E-state index in [4.69, 9.17) is 4.74 Å². The molecule has 1 unspecified atom stereocenters. The zero-order valence-corrected chi connectivity index (χ0v) is 15.6. The van der Waals surface area contributed by atoms with Crippen LogP contribution in [0.4, 0.5) is 0 Å². The van der Waals surface area contributed by atoms with Crippen LogP contribution in [0.2, 0.25) is 0 Å². The lowest BCUT2D eigenvalue weighted by atomic mass is 9.94. The molecule has 1 saturated heterocycles. The number of ketones is 1. The van der Waals surface area contributed by atoms with Gasteiger partial charge in [0.1, 0.15) is 5.69 Å². The predicted octanol–water partition coefficient (Wildman–Crippen LogP) is 3.06. The van der Waals surface area contributed by atoms with E-state index in [-0.39, 0.29) is 17.6 Å². The van der Waals surface area contributed by atoms with Crippen LogP contribution in [0.3, 0.4) is 0 Å². The number of nitrogens with zero attached hydrogens (tertiary/aromatic N) is 1. The Morgan fingerprint density at radius 3 is 2.56 bits per heavy atom. The largest absolute Gasteiger partial charge is 0.381 e. The van der Waals surface area contributed by atoms with Crippen molar-refractivity contribution in [2.75, 3.05) is 20.3 Å². The van der Waals surface area contributed by atoms with Crippen molar-refractivity contribution in [2.24, 2.45) is 17.8 Å². The average Bonchev–Trinajstić information content (AvgIpc) is 3.13. The minimum atomic E-state index is -0.275. The number of aromatic nitrogens is 1. The molecule has 1 aliphatic carbocycles. The van der Waals surface area contributed by atoms with E-state index in [2.05, 4.69) is 10.3 Å². The minimum Gasteiger partial charge on any atom is -0.381 e. The maximum atomic E-state index is 12.9. The SMILES string of the molecule is CNC(=O)c1cc(C(=O)CC2[C@H]3COC[C@@H]23)cc([C@H](C)c2ccccc2)n1. The molecule has 5 heteroatoms. The smallest absolute Gasteiger partial charge is 0.269 e. The Labute approximate surface area is 159 Å². The zero-order chi connectivity index (χ0) is 19.0. The fourth-order valence-corrected chi connectivity index (χ4v) is 4.09. The lowest BCUT2D eigenvalue weighted by molar-refractivity contribution is 0.0950. The number of carbonyl (C=O) groups is 2. The second kappa shape index (κ2) is 7.24. The normalized spacial score (nSPS) is 24.1. The number of fused-ring (bicyclic) bond motifs is 1. The van der Waals surface area contributed by atoms with Gasteiger partial charge in [-0.25, -0.2) is 4.98 Å². The molecule has 4 rings (SSSR count). The fourth-order valence-electron chi connectivity index (χ4n) is 4.09. The van der Waals surface area contributed by atoms with Crippen LogP contribution in [-0.2, 0) is 4.74 Å². The van der Waals surface area contributed by atoms with Gasteiger partial charge in [-0.1, -0.05) is 37.3 Å². The Bertz CT molecular complexity index is 855. The average molecular weight is 364 g/mol. The summed E-state index contributed by atoms with van der Waals surface area (Å²) in [6.45, 7) is 3.60. The quantitative estimate of drug-likeness (QED) is 0.800. The molecule has 2 fully saturated rings. The Morgan fingerprint density at radius 2 is 1.89 bits per heavy atom. The van der Waals surface area contributed by atoms with E-state index in [0.717, 1.165) is 24.5 Å². The van der Waals surface area contributed by atoms with Gasteiger partial charge in [0.05, 0.1) is 13.2 Å². The van der Waals surface area contributed by atoms with Crippen LogP contribution in [0.15, 0.2) is 42.5 Å². The fraction of sp³-hybridized carbons (Fsp3) is 0.409. The first-order chi connectivity index (χ1) is 13.1. The van der Waals surface area contributed by atoms with E-state index in [1.165, 1.54) is 0 Å². The van der Waals surface area contributed by atoms with E-state index < -0.39 is 0 Å². The summed E-state index contributed by atoms with van der Waals surface area (Å²) in [5, 5.41) is 2.61. The number of carbonyl (C=O) groups excluding carboxylic acids is 2. The highest BCUT2D eigenvalue weighted by Gasteiger charge is 2.54. The summed E-state index contributed by atoms with van der Waals surface area (Å²) in [4.78, 5) is 29.6. The third-order valence-electron chi connectivity index (χ3n) is 5.92. The molecule has 140 valence electrons. The highest BCUT2D eigenvalue weighted by molar-refractivity contribution is 6.00. The number of benzene rings is 1. The van der Waals surface area contributed by atoms with Crippen molar-refractivity contribution in [2.45, 2.75) is 19.3 Å². The molecule has 1 aliphatic heterocycles. The van der Waals surface area contributed by atoms with Crippen LogP contribution in [0.5, 0.6) is 0 Å². The van der Waals surface area contributed by atoms with E-state index >= 15 is 0 Å². The molecule has 0 radical (unpaired) electrons. The molecule has 2 heterocycles. The summed E-state index contributed by atoms with van der Waals surface area (Å²) >= 11 is 0. The maximum Gasteiger partial charge on any atom is 0.269 e. The molecule has 1 N–H and O–H groups in total. The number of ether oxygens (including phenoxy) is 1. The summed E-state index contributed by atoms with van der Waals surface area (Å²) in [7, 11) is 1.57. The number of Topliss-reactive ketones (excluding diaryl/α,β-unsaturated/α-hetero) is 1. The topological polar surface area (TPSA) is 68.3 Å². The summed E-state index contributed by atoms with van der Waals surface area (Å²) in [5.41, 5.74) is 2.71. The summed E-state index contributed by atoms with van der Waals surface area (Å²) < 4.78 is 5.41. The van der Waals surface area contributed by atoms with E-state index in [1.807, 2.05) is 43.3 Å². The summed E-state index contributed by atoms with van der Waals surface area (Å²) in [6, 6.07) is 13.5. The van der Waals surface area contributed by atoms with Gasteiger partial charge in [0, 0.05) is 30.6 Å². The van der Waals surface area contributed by atoms with Gasteiger partial charge in [0.2, 0.25) is 0 Å². The number of rotatable bonds is 6. The molecule has 2 aromatic rings. The molecule has 2 aliphatic rings. The van der Waals surface area contributed by atoms with Crippen molar-refractivity contribution in [3.8, 4) is 0 Å². The van der Waals surface area contributed by atoms with Crippen molar-refractivity contribution in [1.29, 1.82) is 0 Å². The Balaban J connectivity index is 1.62.